The maximum Gasteiger partial charge on any atom is 0.401 e. The van der Waals surface area contributed by atoms with Crippen LogP contribution in [0.3, 0.4) is 0 Å². The standard InChI is InChI=1S/C30H36F3N7O2/c1-21-4-6-22(7-5-21)25-19-27(25)34-12-2-3-26(29(42)39-17-15-38(16-18-39)20-30(31,32)33)36-28(41)23-8-10-24(11-9-23)40-14-13-35-37-40/h4-11,13-14,25-27,34H,2-3,12,15-20H2,1H3,(H,36,41)/t25-,26-,27+/m0/s1. The highest BCUT2D eigenvalue weighted by Crippen LogP contribution is 2.40. The highest BCUT2D eigenvalue weighted by Gasteiger charge is 2.38. The number of carbonyl (C=O) groups is 2. The molecule has 2 amide bonds. The van der Waals surface area contributed by atoms with Gasteiger partial charge in [0.2, 0.25) is 5.91 Å². The van der Waals surface area contributed by atoms with Gasteiger partial charge >= 0.3 is 6.18 Å². The molecule has 9 nitrogen and oxygen atoms in total. The van der Waals surface area contributed by atoms with E-state index in [1.54, 1.807) is 46.2 Å². The predicted octanol–water partition coefficient (Wildman–Crippen LogP) is 3.31. The van der Waals surface area contributed by atoms with E-state index in [9.17, 15) is 22.8 Å². The zero-order valence-corrected chi connectivity index (χ0v) is 23.6. The molecule has 1 aromatic heterocycles. The van der Waals surface area contributed by atoms with E-state index in [1.807, 2.05) is 0 Å². The molecule has 2 N–H and O–H groups in total. The summed E-state index contributed by atoms with van der Waals surface area (Å²) in [5, 5.41) is 14.2. The van der Waals surface area contributed by atoms with E-state index >= 15 is 0 Å². The first-order chi connectivity index (χ1) is 20.2. The van der Waals surface area contributed by atoms with Gasteiger partial charge in [0.25, 0.3) is 5.91 Å². The van der Waals surface area contributed by atoms with Crippen molar-refractivity contribution in [2.24, 2.45) is 0 Å². The number of alkyl halides is 3. The van der Waals surface area contributed by atoms with Crippen molar-refractivity contribution >= 4 is 11.8 Å². The minimum absolute atomic E-state index is 0.138. The summed E-state index contributed by atoms with van der Waals surface area (Å²) in [5.41, 5.74) is 3.68. The van der Waals surface area contributed by atoms with Crippen LogP contribution < -0.4 is 10.6 Å². The van der Waals surface area contributed by atoms with Crippen molar-refractivity contribution < 1.29 is 22.8 Å². The number of aromatic nitrogens is 3. The molecule has 1 saturated heterocycles. The Morgan fingerprint density at radius 1 is 1.02 bits per heavy atom. The minimum atomic E-state index is -4.28. The first kappa shape index (κ1) is 29.7. The second-order valence-electron chi connectivity index (χ2n) is 11.1. The van der Waals surface area contributed by atoms with Gasteiger partial charge in [0.15, 0.2) is 0 Å². The molecule has 1 aliphatic heterocycles. The Kier molecular flexibility index (Phi) is 9.22. The quantitative estimate of drug-likeness (QED) is 0.337. The molecule has 42 heavy (non-hydrogen) atoms. The van der Waals surface area contributed by atoms with Crippen LogP contribution in [0, 0.1) is 6.92 Å². The molecule has 3 atom stereocenters. The number of piperazine rings is 1. The first-order valence-electron chi connectivity index (χ1n) is 14.3. The Bertz CT molecular complexity index is 1320. The first-order valence-corrected chi connectivity index (χ1v) is 14.3. The van der Waals surface area contributed by atoms with Crippen molar-refractivity contribution in [3.05, 3.63) is 77.6 Å². The summed E-state index contributed by atoms with van der Waals surface area (Å²) in [6.07, 6.45) is 1.11. The Hall–Kier alpha value is -3.77. The third kappa shape index (κ3) is 7.95. The maximum atomic E-state index is 13.5. The molecule has 0 radical (unpaired) electrons. The lowest BCUT2D eigenvalue weighted by Crippen LogP contribution is -2.56. The van der Waals surface area contributed by atoms with Gasteiger partial charge in [0, 0.05) is 43.7 Å². The van der Waals surface area contributed by atoms with Crippen LogP contribution >= 0.6 is 0 Å². The predicted molar refractivity (Wildman–Crippen MR) is 151 cm³/mol. The number of nitrogens with one attached hydrogen (secondary N) is 2. The van der Waals surface area contributed by atoms with Crippen molar-refractivity contribution in [1.29, 1.82) is 0 Å². The number of rotatable bonds is 11. The average molecular weight is 584 g/mol. The Labute approximate surface area is 243 Å². The Morgan fingerprint density at radius 2 is 1.74 bits per heavy atom. The summed E-state index contributed by atoms with van der Waals surface area (Å²) in [5.74, 6) is -0.168. The summed E-state index contributed by atoms with van der Waals surface area (Å²) in [6, 6.07) is 15.0. The number of nitrogens with zero attached hydrogens (tertiary/aromatic N) is 5. The molecule has 1 saturated carbocycles. The van der Waals surface area contributed by atoms with Gasteiger partial charge in [0.1, 0.15) is 6.04 Å². The van der Waals surface area contributed by atoms with Crippen molar-refractivity contribution in [2.75, 3.05) is 39.3 Å². The monoisotopic (exact) mass is 583 g/mol. The lowest BCUT2D eigenvalue weighted by Gasteiger charge is -2.36. The largest absolute Gasteiger partial charge is 0.401 e. The van der Waals surface area contributed by atoms with Gasteiger partial charge in [-0.3, -0.25) is 14.5 Å². The van der Waals surface area contributed by atoms with Gasteiger partial charge in [-0.05, 0) is 62.6 Å². The lowest BCUT2D eigenvalue weighted by molar-refractivity contribution is -0.152. The number of aryl methyl sites for hydroxylation is 1. The van der Waals surface area contributed by atoms with Gasteiger partial charge in [0.05, 0.1) is 24.6 Å². The summed E-state index contributed by atoms with van der Waals surface area (Å²) >= 11 is 0. The summed E-state index contributed by atoms with van der Waals surface area (Å²) < 4.78 is 40.0. The summed E-state index contributed by atoms with van der Waals surface area (Å²) in [4.78, 5) is 29.5. The normalized spacial score (nSPS) is 19.9. The van der Waals surface area contributed by atoms with E-state index in [4.69, 9.17) is 0 Å². The Balaban J connectivity index is 1.17. The fourth-order valence-electron chi connectivity index (χ4n) is 5.41. The second-order valence-corrected chi connectivity index (χ2v) is 11.1. The van der Waals surface area contributed by atoms with Gasteiger partial charge in [-0.15, -0.1) is 5.10 Å². The van der Waals surface area contributed by atoms with Crippen LogP contribution in [-0.2, 0) is 4.79 Å². The molecule has 2 aromatic carbocycles. The molecule has 0 spiro atoms. The van der Waals surface area contributed by atoms with E-state index in [-0.39, 0.29) is 38.0 Å². The van der Waals surface area contributed by atoms with Crippen molar-refractivity contribution in [2.45, 2.75) is 50.4 Å². The van der Waals surface area contributed by atoms with Crippen LogP contribution in [0.4, 0.5) is 13.2 Å². The van der Waals surface area contributed by atoms with Crippen molar-refractivity contribution in [1.82, 2.24) is 35.4 Å². The van der Waals surface area contributed by atoms with Crippen LogP contribution in [0.1, 0.15) is 46.7 Å². The SMILES string of the molecule is Cc1ccc([C@@H]2C[C@H]2NCCC[C@H](NC(=O)c2ccc(-n3ccnn3)cc2)C(=O)N2CCN(CC(F)(F)F)CC2)cc1. The molecule has 2 aliphatic rings. The van der Waals surface area contributed by atoms with Gasteiger partial charge < -0.3 is 15.5 Å². The van der Waals surface area contributed by atoms with Crippen LogP contribution in [-0.4, -0.2) is 94.1 Å². The van der Waals surface area contributed by atoms with Crippen molar-refractivity contribution in [3.63, 3.8) is 0 Å². The van der Waals surface area contributed by atoms with Gasteiger partial charge in [-0.25, -0.2) is 4.68 Å². The molecule has 1 aliphatic carbocycles. The van der Waals surface area contributed by atoms with Gasteiger partial charge in [-0.2, -0.15) is 13.2 Å². The van der Waals surface area contributed by atoms with Gasteiger partial charge in [-0.1, -0.05) is 35.0 Å². The molecular weight excluding hydrogens is 547 g/mol. The number of amides is 2. The molecule has 2 heterocycles. The fourth-order valence-corrected chi connectivity index (χ4v) is 5.41. The smallest absolute Gasteiger partial charge is 0.340 e. The zero-order valence-electron chi connectivity index (χ0n) is 23.6. The topological polar surface area (TPSA) is 95.4 Å². The highest BCUT2D eigenvalue weighted by molar-refractivity contribution is 5.97. The molecule has 12 heteroatoms. The molecule has 5 rings (SSSR count). The van der Waals surface area contributed by atoms with E-state index in [2.05, 4.69) is 52.1 Å². The van der Waals surface area contributed by atoms with Crippen LogP contribution in [0.5, 0.6) is 0 Å². The fraction of sp³-hybridized carbons (Fsp3) is 0.467. The molecule has 3 aromatic rings. The zero-order chi connectivity index (χ0) is 29.7. The number of halogens is 3. The molecule has 2 fully saturated rings. The van der Waals surface area contributed by atoms with E-state index in [0.29, 0.717) is 36.9 Å². The van der Waals surface area contributed by atoms with Crippen LogP contribution in [0.2, 0.25) is 0 Å². The number of benzene rings is 2. The molecular formula is C30H36F3N7O2. The second kappa shape index (κ2) is 13.0. The van der Waals surface area contributed by atoms with Crippen molar-refractivity contribution in [3.8, 4) is 5.69 Å². The number of carbonyl (C=O) groups excluding carboxylic acids is 2. The summed E-state index contributed by atoms with van der Waals surface area (Å²) in [7, 11) is 0. The Morgan fingerprint density at radius 3 is 2.38 bits per heavy atom. The maximum absolute atomic E-state index is 13.5. The average Bonchev–Trinajstić information content (AvgIpc) is 3.52. The number of hydrogen-bond acceptors (Lipinski definition) is 6. The highest BCUT2D eigenvalue weighted by atomic mass is 19.4. The van der Waals surface area contributed by atoms with Crippen LogP contribution in [0.15, 0.2) is 60.9 Å². The number of hydrogen-bond donors (Lipinski definition) is 2. The summed E-state index contributed by atoms with van der Waals surface area (Å²) in [6.45, 7) is 2.42. The molecule has 0 unspecified atom stereocenters. The lowest BCUT2D eigenvalue weighted by atomic mass is 10.1. The van der Waals surface area contributed by atoms with E-state index in [1.165, 1.54) is 16.0 Å². The van der Waals surface area contributed by atoms with E-state index < -0.39 is 18.8 Å². The molecule has 224 valence electrons. The third-order valence-corrected chi connectivity index (χ3v) is 7.88. The minimum Gasteiger partial charge on any atom is -0.340 e. The molecule has 0 bridgehead atoms. The third-order valence-electron chi connectivity index (χ3n) is 7.88. The van der Waals surface area contributed by atoms with Crippen LogP contribution in [0.25, 0.3) is 5.69 Å². The van der Waals surface area contributed by atoms with E-state index in [0.717, 1.165) is 12.1 Å².